The lowest BCUT2D eigenvalue weighted by Crippen LogP contribution is -2.17. The topological polar surface area (TPSA) is 46.9 Å². The van der Waals surface area contributed by atoms with Gasteiger partial charge in [-0.1, -0.05) is 12.1 Å². The second kappa shape index (κ2) is 4.88. The SMILES string of the molecule is Cn1ccnc1CC(=O)c1cccc2c1CCCN2. The second-order valence-electron chi connectivity index (χ2n) is 4.92. The monoisotopic (exact) mass is 255 g/mol. The number of imidazole rings is 1. The van der Waals surface area contributed by atoms with Crippen molar-refractivity contribution >= 4 is 11.5 Å². The molecule has 0 aliphatic carbocycles. The molecule has 0 spiro atoms. The fourth-order valence-corrected chi connectivity index (χ4v) is 2.58. The van der Waals surface area contributed by atoms with Crippen LogP contribution in [0.25, 0.3) is 0 Å². The Morgan fingerprint density at radius 1 is 1.47 bits per heavy atom. The summed E-state index contributed by atoms with van der Waals surface area (Å²) in [6.45, 7) is 0.990. The van der Waals surface area contributed by atoms with Crippen LogP contribution in [0, 0.1) is 0 Å². The molecule has 1 N–H and O–H groups in total. The maximum atomic E-state index is 12.5. The van der Waals surface area contributed by atoms with E-state index in [2.05, 4.69) is 10.3 Å². The summed E-state index contributed by atoms with van der Waals surface area (Å²) in [5.41, 5.74) is 3.11. The van der Waals surface area contributed by atoms with Gasteiger partial charge in [-0.3, -0.25) is 4.79 Å². The van der Waals surface area contributed by atoms with Crippen molar-refractivity contribution in [2.45, 2.75) is 19.3 Å². The molecule has 2 heterocycles. The molecule has 3 rings (SSSR count). The van der Waals surface area contributed by atoms with E-state index in [-0.39, 0.29) is 5.78 Å². The van der Waals surface area contributed by atoms with Crippen molar-refractivity contribution in [3.8, 4) is 0 Å². The summed E-state index contributed by atoms with van der Waals surface area (Å²) in [5.74, 6) is 0.959. The average molecular weight is 255 g/mol. The van der Waals surface area contributed by atoms with Gasteiger partial charge in [0.25, 0.3) is 0 Å². The standard InChI is InChI=1S/C15H17N3O/c1-18-9-8-17-15(18)10-14(19)12-4-2-6-13-11(12)5-3-7-16-13/h2,4,6,8-9,16H,3,5,7,10H2,1H3. The predicted octanol–water partition coefficient (Wildman–Crippen LogP) is 2.20. The summed E-state index contributed by atoms with van der Waals surface area (Å²) in [5, 5.41) is 3.36. The number of fused-ring (bicyclic) bond motifs is 1. The van der Waals surface area contributed by atoms with Gasteiger partial charge >= 0.3 is 0 Å². The zero-order valence-electron chi connectivity index (χ0n) is 11.0. The Balaban J connectivity index is 1.90. The zero-order chi connectivity index (χ0) is 13.2. The fourth-order valence-electron chi connectivity index (χ4n) is 2.58. The summed E-state index contributed by atoms with van der Waals surface area (Å²) < 4.78 is 1.89. The number of hydrogen-bond acceptors (Lipinski definition) is 3. The first-order chi connectivity index (χ1) is 9.25. The first kappa shape index (κ1) is 12.0. The third-order valence-corrected chi connectivity index (χ3v) is 3.64. The van der Waals surface area contributed by atoms with Crippen LogP contribution >= 0.6 is 0 Å². The molecule has 98 valence electrons. The minimum Gasteiger partial charge on any atom is -0.385 e. The van der Waals surface area contributed by atoms with Crippen LogP contribution < -0.4 is 5.32 Å². The lowest BCUT2D eigenvalue weighted by molar-refractivity contribution is 0.0989. The fraction of sp³-hybridized carbons (Fsp3) is 0.333. The number of benzene rings is 1. The molecule has 1 aliphatic rings. The number of nitrogens with zero attached hydrogens (tertiary/aromatic N) is 2. The molecule has 4 heteroatoms. The molecule has 1 aromatic carbocycles. The summed E-state index contributed by atoms with van der Waals surface area (Å²) in [7, 11) is 1.91. The molecule has 0 amide bonds. The van der Waals surface area contributed by atoms with Crippen molar-refractivity contribution in [3.63, 3.8) is 0 Å². The highest BCUT2D eigenvalue weighted by Crippen LogP contribution is 2.26. The molecule has 1 aliphatic heterocycles. The molecule has 0 atom stereocenters. The number of anilines is 1. The van der Waals surface area contributed by atoms with Crippen LogP contribution in [0.1, 0.15) is 28.2 Å². The normalized spacial score (nSPS) is 13.7. The number of aromatic nitrogens is 2. The van der Waals surface area contributed by atoms with E-state index in [0.717, 1.165) is 42.0 Å². The van der Waals surface area contributed by atoms with Gasteiger partial charge in [-0.05, 0) is 24.5 Å². The number of hydrogen-bond donors (Lipinski definition) is 1. The Labute approximate surface area is 112 Å². The zero-order valence-corrected chi connectivity index (χ0v) is 11.0. The van der Waals surface area contributed by atoms with Crippen molar-refractivity contribution in [2.75, 3.05) is 11.9 Å². The van der Waals surface area contributed by atoms with E-state index in [4.69, 9.17) is 0 Å². The highest BCUT2D eigenvalue weighted by Gasteiger charge is 2.18. The Hall–Kier alpha value is -2.10. The van der Waals surface area contributed by atoms with Crippen LogP contribution in [-0.2, 0) is 19.9 Å². The average Bonchev–Trinajstić information content (AvgIpc) is 2.83. The molecule has 0 fully saturated rings. The molecule has 0 unspecified atom stereocenters. The minimum absolute atomic E-state index is 0.148. The lowest BCUT2D eigenvalue weighted by atomic mass is 9.94. The van der Waals surface area contributed by atoms with Crippen LogP contribution in [-0.4, -0.2) is 21.9 Å². The van der Waals surface area contributed by atoms with Crippen molar-refractivity contribution in [2.24, 2.45) is 7.05 Å². The quantitative estimate of drug-likeness (QED) is 0.855. The van der Waals surface area contributed by atoms with Gasteiger partial charge in [0, 0.05) is 37.2 Å². The summed E-state index contributed by atoms with van der Waals surface area (Å²) >= 11 is 0. The number of carbonyl (C=O) groups is 1. The first-order valence-electron chi connectivity index (χ1n) is 6.61. The van der Waals surface area contributed by atoms with Crippen molar-refractivity contribution in [1.82, 2.24) is 9.55 Å². The van der Waals surface area contributed by atoms with Crippen molar-refractivity contribution in [3.05, 3.63) is 47.5 Å². The van der Waals surface area contributed by atoms with E-state index in [1.165, 1.54) is 0 Å². The van der Waals surface area contributed by atoms with Gasteiger partial charge in [0.1, 0.15) is 5.82 Å². The van der Waals surface area contributed by atoms with E-state index >= 15 is 0 Å². The van der Waals surface area contributed by atoms with Gasteiger partial charge in [0.05, 0.1) is 6.42 Å². The van der Waals surface area contributed by atoms with E-state index in [1.54, 1.807) is 6.20 Å². The van der Waals surface area contributed by atoms with E-state index in [0.29, 0.717) is 6.42 Å². The van der Waals surface area contributed by atoms with E-state index in [9.17, 15) is 4.79 Å². The van der Waals surface area contributed by atoms with E-state index in [1.807, 2.05) is 36.0 Å². The highest BCUT2D eigenvalue weighted by molar-refractivity contribution is 5.99. The summed E-state index contributed by atoms with van der Waals surface area (Å²) in [6, 6.07) is 5.92. The number of rotatable bonds is 3. The molecule has 1 aromatic heterocycles. The van der Waals surface area contributed by atoms with Gasteiger partial charge in [-0.15, -0.1) is 0 Å². The van der Waals surface area contributed by atoms with Crippen molar-refractivity contribution < 1.29 is 4.79 Å². The van der Waals surface area contributed by atoms with Crippen LogP contribution in [0.5, 0.6) is 0 Å². The first-order valence-corrected chi connectivity index (χ1v) is 6.61. The number of Topliss-reactive ketones (excluding diaryl/α,β-unsaturated/α-hetero) is 1. The van der Waals surface area contributed by atoms with Gasteiger partial charge in [-0.2, -0.15) is 0 Å². The predicted molar refractivity (Wildman–Crippen MR) is 74.5 cm³/mol. The smallest absolute Gasteiger partial charge is 0.170 e. The molecule has 0 saturated carbocycles. The molecule has 4 nitrogen and oxygen atoms in total. The molecular weight excluding hydrogens is 238 g/mol. The summed E-state index contributed by atoms with van der Waals surface area (Å²) in [6.07, 6.45) is 6.01. The maximum Gasteiger partial charge on any atom is 0.170 e. The van der Waals surface area contributed by atoms with Crippen LogP contribution in [0.15, 0.2) is 30.6 Å². The Kier molecular flexibility index (Phi) is 3.07. The lowest BCUT2D eigenvalue weighted by Gasteiger charge is -2.20. The van der Waals surface area contributed by atoms with Crippen LogP contribution in [0.3, 0.4) is 0 Å². The molecule has 0 radical (unpaired) electrons. The third-order valence-electron chi connectivity index (χ3n) is 3.64. The van der Waals surface area contributed by atoms with Gasteiger partial charge in [0.15, 0.2) is 5.78 Å². The molecule has 0 saturated heterocycles. The Bertz CT molecular complexity index is 616. The molecule has 0 bridgehead atoms. The largest absolute Gasteiger partial charge is 0.385 e. The number of carbonyl (C=O) groups excluding carboxylic acids is 1. The number of aryl methyl sites for hydroxylation is 1. The van der Waals surface area contributed by atoms with Gasteiger partial charge < -0.3 is 9.88 Å². The highest BCUT2D eigenvalue weighted by atomic mass is 16.1. The molecule has 2 aromatic rings. The van der Waals surface area contributed by atoms with E-state index < -0.39 is 0 Å². The summed E-state index contributed by atoms with van der Waals surface area (Å²) in [4.78, 5) is 16.7. The number of nitrogens with one attached hydrogen (secondary N) is 1. The van der Waals surface area contributed by atoms with Gasteiger partial charge in [-0.25, -0.2) is 4.98 Å². The maximum absolute atomic E-state index is 12.5. The third kappa shape index (κ3) is 2.26. The van der Waals surface area contributed by atoms with Crippen molar-refractivity contribution in [1.29, 1.82) is 0 Å². The minimum atomic E-state index is 0.148. The Morgan fingerprint density at radius 2 is 2.37 bits per heavy atom. The second-order valence-corrected chi connectivity index (χ2v) is 4.92. The molecule has 19 heavy (non-hydrogen) atoms. The van der Waals surface area contributed by atoms with Crippen LogP contribution in [0.2, 0.25) is 0 Å². The molecular formula is C15H17N3O. The van der Waals surface area contributed by atoms with Crippen LogP contribution in [0.4, 0.5) is 5.69 Å². The van der Waals surface area contributed by atoms with Gasteiger partial charge in [0.2, 0.25) is 0 Å². The Morgan fingerprint density at radius 3 is 3.16 bits per heavy atom. The number of ketones is 1.